The molecule has 0 amide bonds. The zero-order valence-electron chi connectivity index (χ0n) is 16.7. The van der Waals surface area contributed by atoms with E-state index in [2.05, 4.69) is 31.8 Å². The first-order valence-electron chi connectivity index (χ1n) is 9.46. The van der Waals surface area contributed by atoms with Crippen LogP contribution in [-0.2, 0) is 10.9 Å². The van der Waals surface area contributed by atoms with Crippen LogP contribution in [0.25, 0.3) is 0 Å². The van der Waals surface area contributed by atoms with Gasteiger partial charge in [-0.25, -0.2) is 0 Å². The minimum atomic E-state index is -1.92. The van der Waals surface area contributed by atoms with E-state index >= 15 is 0 Å². The molecule has 0 saturated carbocycles. The van der Waals surface area contributed by atoms with Crippen LogP contribution in [-0.4, -0.2) is 8.32 Å². The second-order valence-corrected chi connectivity index (χ2v) is 13.6. The summed E-state index contributed by atoms with van der Waals surface area (Å²) in [6.45, 7) is 6.52. The molecule has 3 rings (SSSR count). The Kier molecular flexibility index (Phi) is 7.31. The molecule has 0 radical (unpaired) electrons. The molecule has 0 spiro atoms. The molecule has 0 N–H and O–H groups in total. The van der Waals surface area contributed by atoms with Crippen LogP contribution < -0.4 is 5.06 Å². The maximum atomic E-state index is 6.64. The third-order valence-electron chi connectivity index (χ3n) is 4.33. The summed E-state index contributed by atoms with van der Waals surface area (Å²) < 4.78 is 6.58. The molecule has 0 heterocycles. The molecule has 1 atom stereocenters. The summed E-state index contributed by atoms with van der Waals surface area (Å²) >= 11 is 18.9. The number of nitrogens with zero attached hydrogens (tertiary/aromatic N) is 1. The molecule has 0 fully saturated rings. The Morgan fingerprint density at radius 2 is 1.45 bits per heavy atom. The molecule has 2 nitrogen and oxygen atoms in total. The third-order valence-corrected chi connectivity index (χ3v) is 5.89. The number of anilines is 1. The normalized spacial score (nSPS) is 12.6. The zero-order chi connectivity index (χ0) is 21.0. The van der Waals surface area contributed by atoms with Crippen molar-refractivity contribution in [2.75, 3.05) is 5.06 Å². The average molecular weight is 465 g/mol. The Morgan fingerprint density at radius 1 is 0.828 bits per heavy atom. The van der Waals surface area contributed by atoms with Gasteiger partial charge in [-0.3, -0.25) is 5.06 Å². The fourth-order valence-electron chi connectivity index (χ4n) is 3.10. The standard InChI is InChI=1S/C23H24Cl3NOSi/c1-29(2,3)28-27(20-7-5-4-6-8-20)23(15-17-9-11-18(24)12-10-17)21-14-13-19(25)16-22(21)26/h4-14,16,23H,15H2,1-3H3. The topological polar surface area (TPSA) is 12.5 Å². The van der Waals surface area contributed by atoms with E-state index in [-0.39, 0.29) is 6.04 Å². The lowest BCUT2D eigenvalue weighted by molar-refractivity contribution is 0.233. The Morgan fingerprint density at radius 3 is 2.03 bits per heavy atom. The Balaban J connectivity index is 2.10. The molecule has 0 aromatic heterocycles. The average Bonchev–Trinajstić information content (AvgIpc) is 2.66. The lowest BCUT2D eigenvalue weighted by atomic mass is 9.98. The van der Waals surface area contributed by atoms with E-state index < -0.39 is 8.32 Å². The summed E-state index contributed by atoms with van der Waals surface area (Å²) in [7, 11) is -1.92. The van der Waals surface area contributed by atoms with Crippen LogP contribution in [0.1, 0.15) is 17.2 Å². The Labute approximate surface area is 189 Å². The molecular formula is C23H24Cl3NOSi. The number of hydrogen-bond acceptors (Lipinski definition) is 2. The first-order chi connectivity index (χ1) is 13.7. The number of para-hydroxylation sites is 1. The summed E-state index contributed by atoms with van der Waals surface area (Å²) in [6.07, 6.45) is 0.706. The lowest BCUT2D eigenvalue weighted by Gasteiger charge is -2.38. The molecule has 0 aliphatic carbocycles. The van der Waals surface area contributed by atoms with Crippen LogP contribution >= 0.6 is 34.8 Å². The van der Waals surface area contributed by atoms with Crippen molar-refractivity contribution in [3.8, 4) is 0 Å². The monoisotopic (exact) mass is 463 g/mol. The van der Waals surface area contributed by atoms with Crippen molar-refractivity contribution in [3.63, 3.8) is 0 Å². The molecular weight excluding hydrogens is 441 g/mol. The Hall–Kier alpha value is -1.49. The van der Waals surface area contributed by atoms with Crippen molar-refractivity contribution in [1.29, 1.82) is 0 Å². The third kappa shape index (κ3) is 6.24. The first-order valence-corrected chi connectivity index (χ1v) is 14.0. The number of rotatable bonds is 7. The fraction of sp³-hybridized carbons (Fsp3) is 0.217. The molecule has 152 valence electrons. The van der Waals surface area contributed by atoms with Crippen molar-refractivity contribution < 1.29 is 4.53 Å². The highest BCUT2D eigenvalue weighted by molar-refractivity contribution is 6.69. The van der Waals surface area contributed by atoms with Gasteiger partial charge in [-0.05, 0) is 73.6 Å². The van der Waals surface area contributed by atoms with E-state index in [0.717, 1.165) is 16.8 Å². The van der Waals surface area contributed by atoms with Crippen LogP contribution in [0.15, 0.2) is 72.8 Å². The predicted octanol–water partition coefficient (Wildman–Crippen LogP) is 8.20. The lowest BCUT2D eigenvalue weighted by Crippen LogP contribution is -2.40. The van der Waals surface area contributed by atoms with Crippen molar-refractivity contribution in [3.05, 3.63) is 99.0 Å². The van der Waals surface area contributed by atoms with Gasteiger partial charge in [0.25, 0.3) is 0 Å². The highest BCUT2D eigenvalue weighted by atomic mass is 35.5. The number of benzene rings is 3. The Bertz CT molecular complexity index is 943. The van der Waals surface area contributed by atoms with Gasteiger partial charge in [0, 0.05) is 15.1 Å². The molecule has 6 heteroatoms. The van der Waals surface area contributed by atoms with E-state index in [0.29, 0.717) is 21.5 Å². The molecule has 0 aliphatic heterocycles. The van der Waals surface area contributed by atoms with E-state index in [1.165, 1.54) is 0 Å². The van der Waals surface area contributed by atoms with Crippen molar-refractivity contribution in [2.24, 2.45) is 0 Å². The van der Waals surface area contributed by atoms with Gasteiger partial charge in [0.15, 0.2) is 0 Å². The van der Waals surface area contributed by atoms with Gasteiger partial charge in [0.2, 0.25) is 8.32 Å². The number of hydroxylamine groups is 1. The fourth-order valence-corrected chi connectivity index (χ4v) is 4.58. The van der Waals surface area contributed by atoms with Crippen LogP contribution in [0.4, 0.5) is 5.69 Å². The van der Waals surface area contributed by atoms with Crippen LogP contribution in [0.3, 0.4) is 0 Å². The van der Waals surface area contributed by atoms with E-state index in [4.69, 9.17) is 39.3 Å². The van der Waals surface area contributed by atoms with Crippen LogP contribution in [0, 0.1) is 0 Å². The molecule has 0 saturated heterocycles. The summed E-state index contributed by atoms with van der Waals surface area (Å²) in [5.74, 6) is 0. The van der Waals surface area contributed by atoms with Crippen LogP contribution in [0.5, 0.6) is 0 Å². The van der Waals surface area contributed by atoms with Gasteiger partial charge in [-0.2, -0.15) is 0 Å². The van der Waals surface area contributed by atoms with E-state index in [1.807, 2.05) is 59.7 Å². The minimum absolute atomic E-state index is 0.130. The molecule has 0 aliphatic rings. The highest BCUT2D eigenvalue weighted by Crippen LogP contribution is 2.36. The second-order valence-electron chi connectivity index (χ2n) is 7.88. The summed E-state index contributed by atoms with van der Waals surface area (Å²) in [6, 6.07) is 23.5. The van der Waals surface area contributed by atoms with Gasteiger partial charge < -0.3 is 4.53 Å². The van der Waals surface area contributed by atoms with Gasteiger partial charge in [0.05, 0.1) is 11.7 Å². The van der Waals surface area contributed by atoms with Crippen molar-refractivity contribution in [2.45, 2.75) is 32.1 Å². The highest BCUT2D eigenvalue weighted by Gasteiger charge is 2.29. The molecule has 29 heavy (non-hydrogen) atoms. The summed E-state index contributed by atoms with van der Waals surface area (Å²) in [4.78, 5) is 0. The maximum absolute atomic E-state index is 6.64. The van der Waals surface area contributed by atoms with Gasteiger partial charge in [-0.1, -0.05) is 71.2 Å². The zero-order valence-corrected chi connectivity index (χ0v) is 20.0. The van der Waals surface area contributed by atoms with Crippen LogP contribution in [0.2, 0.25) is 34.7 Å². The molecule has 0 bridgehead atoms. The summed E-state index contributed by atoms with van der Waals surface area (Å²) in [5.41, 5.74) is 3.10. The number of halogens is 3. The first kappa shape index (κ1) is 22.2. The maximum Gasteiger partial charge on any atom is 0.220 e. The second kappa shape index (κ2) is 9.54. The molecule has 3 aromatic rings. The smallest absolute Gasteiger partial charge is 0.220 e. The molecule has 3 aromatic carbocycles. The minimum Gasteiger partial charge on any atom is -0.320 e. The van der Waals surface area contributed by atoms with Gasteiger partial charge in [0.1, 0.15) is 0 Å². The summed E-state index contributed by atoms with van der Waals surface area (Å²) in [5, 5.41) is 3.96. The van der Waals surface area contributed by atoms with Crippen molar-refractivity contribution >= 4 is 48.8 Å². The van der Waals surface area contributed by atoms with E-state index in [1.54, 1.807) is 6.07 Å². The largest absolute Gasteiger partial charge is 0.320 e. The SMILES string of the molecule is C[Si](C)(C)ON(c1ccccc1)C(Cc1ccc(Cl)cc1)c1ccc(Cl)cc1Cl. The van der Waals surface area contributed by atoms with Gasteiger partial charge in [-0.15, -0.1) is 0 Å². The van der Waals surface area contributed by atoms with E-state index in [9.17, 15) is 0 Å². The van der Waals surface area contributed by atoms with Crippen molar-refractivity contribution in [1.82, 2.24) is 0 Å². The number of hydrogen-bond donors (Lipinski definition) is 0. The quantitative estimate of drug-likeness (QED) is 0.258. The predicted molar refractivity (Wildman–Crippen MR) is 128 cm³/mol. The molecule has 1 unspecified atom stereocenters. The van der Waals surface area contributed by atoms with Gasteiger partial charge >= 0.3 is 0 Å².